The van der Waals surface area contributed by atoms with E-state index < -0.39 is 5.60 Å². The lowest BCUT2D eigenvalue weighted by atomic mass is 9.89. The van der Waals surface area contributed by atoms with Crippen molar-refractivity contribution in [2.24, 2.45) is 5.92 Å². The Hall–Kier alpha value is -2.08. The molecule has 2 atom stereocenters. The number of ether oxygens (including phenoxy) is 1. The molecule has 1 spiro atoms. The normalized spacial score (nSPS) is 28.3. The zero-order valence-electron chi connectivity index (χ0n) is 16.1. The number of amides is 2. The molecule has 3 heterocycles. The Morgan fingerprint density at radius 1 is 1.19 bits per heavy atom. The Morgan fingerprint density at radius 3 is 2.78 bits per heavy atom. The van der Waals surface area contributed by atoms with Gasteiger partial charge >= 0.3 is 0 Å². The van der Waals surface area contributed by atoms with Crippen molar-refractivity contribution in [2.75, 3.05) is 32.7 Å². The number of nitrogens with one attached hydrogen (secondary N) is 1. The summed E-state index contributed by atoms with van der Waals surface area (Å²) in [4.78, 5) is 29.2. The molecule has 2 saturated heterocycles. The van der Waals surface area contributed by atoms with Gasteiger partial charge in [-0.15, -0.1) is 0 Å². The molecular weight excluding hydrogens is 342 g/mol. The Morgan fingerprint density at radius 2 is 2.00 bits per heavy atom. The number of hydrogen-bond acceptors (Lipinski definition) is 4. The fraction of sp³-hybridized carbons (Fsp3) is 0.619. The molecule has 146 valence electrons. The summed E-state index contributed by atoms with van der Waals surface area (Å²) in [5, 5.41) is 3.34. The molecule has 0 aliphatic carbocycles. The van der Waals surface area contributed by atoms with Gasteiger partial charge in [0.05, 0.1) is 19.0 Å². The van der Waals surface area contributed by atoms with E-state index >= 15 is 0 Å². The van der Waals surface area contributed by atoms with E-state index in [0.717, 1.165) is 56.6 Å². The lowest BCUT2D eigenvalue weighted by molar-refractivity contribution is -0.144. The van der Waals surface area contributed by atoms with Gasteiger partial charge in [-0.2, -0.15) is 0 Å². The van der Waals surface area contributed by atoms with Crippen molar-refractivity contribution in [2.45, 2.75) is 44.8 Å². The van der Waals surface area contributed by atoms with E-state index in [-0.39, 0.29) is 17.7 Å². The third-order valence-electron chi connectivity index (χ3n) is 6.08. The Balaban J connectivity index is 1.58. The van der Waals surface area contributed by atoms with Crippen molar-refractivity contribution in [1.29, 1.82) is 0 Å². The van der Waals surface area contributed by atoms with E-state index in [9.17, 15) is 9.59 Å². The predicted molar refractivity (Wildman–Crippen MR) is 102 cm³/mol. The summed E-state index contributed by atoms with van der Waals surface area (Å²) in [5.41, 5.74) is 0.512. The molecule has 3 aliphatic heterocycles. The molecule has 4 rings (SSSR count). The number of likely N-dealkylation sites (tertiary alicyclic amines) is 1. The van der Waals surface area contributed by atoms with Crippen molar-refractivity contribution in [3.8, 4) is 5.75 Å². The number of benzene rings is 1. The topological polar surface area (TPSA) is 61.9 Å². The molecule has 2 amide bonds. The van der Waals surface area contributed by atoms with Crippen LogP contribution in [0.1, 0.15) is 38.2 Å². The summed E-state index contributed by atoms with van der Waals surface area (Å²) in [6, 6.07) is 7.94. The van der Waals surface area contributed by atoms with Crippen LogP contribution in [-0.4, -0.2) is 59.9 Å². The van der Waals surface area contributed by atoms with E-state index in [2.05, 4.69) is 5.32 Å². The summed E-state index contributed by atoms with van der Waals surface area (Å²) in [5.74, 6) is 1.19. The van der Waals surface area contributed by atoms with Crippen molar-refractivity contribution >= 4 is 11.8 Å². The van der Waals surface area contributed by atoms with Crippen molar-refractivity contribution < 1.29 is 14.3 Å². The average molecular weight is 371 g/mol. The molecule has 2 fully saturated rings. The van der Waals surface area contributed by atoms with Crippen LogP contribution in [0.15, 0.2) is 24.3 Å². The van der Waals surface area contributed by atoms with Gasteiger partial charge < -0.3 is 19.9 Å². The molecule has 1 N–H and O–H groups in total. The molecule has 0 radical (unpaired) electrons. The fourth-order valence-corrected chi connectivity index (χ4v) is 4.65. The SMILES string of the molecule is CC(=O)N1Cc2ccccc2O[C@]2(CCCN(C(=O)[C@H]3CCCNC3)C2)C1. The van der Waals surface area contributed by atoms with E-state index in [0.29, 0.717) is 19.6 Å². The van der Waals surface area contributed by atoms with Crippen LogP contribution < -0.4 is 10.1 Å². The highest BCUT2D eigenvalue weighted by Crippen LogP contribution is 2.35. The van der Waals surface area contributed by atoms with Crippen LogP contribution in [0, 0.1) is 5.92 Å². The maximum absolute atomic E-state index is 13.1. The smallest absolute Gasteiger partial charge is 0.227 e. The van der Waals surface area contributed by atoms with Crippen LogP contribution in [0.2, 0.25) is 0 Å². The Labute approximate surface area is 160 Å². The molecule has 0 saturated carbocycles. The minimum absolute atomic E-state index is 0.0506. The lowest BCUT2D eigenvalue weighted by Gasteiger charge is -2.44. The Bertz CT molecular complexity index is 716. The summed E-state index contributed by atoms with van der Waals surface area (Å²) in [6.45, 7) is 5.81. The fourth-order valence-electron chi connectivity index (χ4n) is 4.65. The standard InChI is InChI=1S/C21H29N3O3/c1-16(25)24-13-18-6-2-3-8-19(18)27-21(15-24)9-5-11-23(14-21)20(26)17-7-4-10-22-12-17/h2-3,6,8,17,22H,4-5,7,9-15H2,1H3/t17-,21-/m0/s1. The average Bonchev–Trinajstić information content (AvgIpc) is 2.84. The molecule has 1 aromatic rings. The number of piperidine rings is 2. The van der Waals surface area contributed by atoms with Gasteiger partial charge in [0.2, 0.25) is 11.8 Å². The summed E-state index contributed by atoms with van der Waals surface area (Å²) < 4.78 is 6.53. The largest absolute Gasteiger partial charge is 0.483 e. The zero-order chi connectivity index (χ0) is 18.9. The van der Waals surface area contributed by atoms with Crippen molar-refractivity contribution in [3.05, 3.63) is 29.8 Å². The number of carbonyl (C=O) groups is 2. The van der Waals surface area contributed by atoms with Crippen LogP contribution >= 0.6 is 0 Å². The summed E-state index contributed by atoms with van der Waals surface area (Å²) in [6.07, 6.45) is 3.77. The number of carbonyl (C=O) groups excluding carboxylic acids is 2. The van der Waals surface area contributed by atoms with Gasteiger partial charge in [-0.1, -0.05) is 18.2 Å². The van der Waals surface area contributed by atoms with Gasteiger partial charge in [-0.25, -0.2) is 0 Å². The third kappa shape index (κ3) is 3.81. The molecule has 0 aromatic heterocycles. The minimum atomic E-state index is -0.520. The molecule has 0 unspecified atom stereocenters. The molecule has 1 aromatic carbocycles. The van der Waals surface area contributed by atoms with Gasteiger partial charge in [0.1, 0.15) is 11.4 Å². The van der Waals surface area contributed by atoms with Crippen molar-refractivity contribution in [1.82, 2.24) is 15.1 Å². The molecule has 27 heavy (non-hydrogen) atoms. The maximum Gasteiger partial charge on any atom is 0.227 e. The third-order valence-corrected chi connectivity index (χ3v) is 6.08. The van der Waals surface area contributed by atoms with E-state index in [1.807, 2.05) is 34.1 Å². The first-order chi connectivity index (χ1) is 13.1. The molecule has 6 nitrogen and oxygen atoms in total. The monoisotopic (exact) mass is 371 g/mol. The van der Waals surface area contributed by atoms with Crippen LogP contribution in [0.3, 0.4) is 0 Å². The molecular formula is C21H29N3O3. The lowest BCUT2D eigenvalue weighted by Crippen LogP contribution is -2.59. The maximum atomic E-state index is 13.1. The number of nitrogens with zero attached hydrogens (tertiary/aromatic N) is 2. The number of hydrogen-bond donors (Lipinski definition) is 1. The van der Waals surface area contributed by atoms with E-state index in [1.165, 1.54) is 0 Å². The van der Waals surface area contributed by atoms with Crippen LogP contribution in [0.25, 0.3) is 0 Å². The quantitative estimate of drug-likeness (QED) is 0.818. The summed E-state index contributed by atoms with van der Waals surface area (Å²) in [7, 11) is 0. The van der Waals surface area contributed by atoms with Crippen molar-refractivity contribution in [3.63, 3.8) is 0 Å². The number of fused-ring (bicyclic) bond motifs is 1. The number of rotatable bonds is 1. The summed E-state index contributed by atoms with van der Waals surface area (Å²) >= 11 is 0. The van der Waals surface area contributed by atoms with Gasteiger partial charge in [0.15, 0.2) is 0 Å². The highest BCUT2D eigenvalue weighted by molar-refractivity contribution is 5.79. The van der Waals surface area contributed by atoms with Gasteiger partial charge in [-0.3, -0.25) is 9.59 Å². The first kappa shape index (κ1) is 18.3. The van der Waals surface area contributed by atoms with Gasteiger partial charge in [0.25, 0.3) is 0 Å². The second kappa shape index (κ2) is 7.50. The van der Waals surface area contributed by atoms with Gasteiger partial charge in [-0.05, 0) is 38.3 Å². The zero-order valence-corrected chi connectivity index (χ0v) is 16.1. The van der Waals surface area contributed by atoms with E-state index in [1.54, 1.807) is 6.92 Å². The minimum Gasteiger partial charge on any atom is -0.483 e. The molecule has 6 heteroatoms. The second-order valence-corrected chi connectivity index (χ2v) is 8.17. The number of para-hydroxylation sites is 1. The highest BCUT2D eigenvalue weighted by atomic mass is 16.5. The highest BCUT2D eigenvalue weighted by Gasteiger charge is 2.44. The van der Waals surface area contributed by atoms with Crippen LogP contribution in [-0.2, 0) is 16.1 Å². The predicted octanol–water partition coefficient (Wildman–Crippen LogP) is 1.79. The second-order valence-electron chi connectivity index (χ2n) is 8.17. The van der Waals surface area contributed by atoms with Crippen LogP contribution in [0.5, 0.6) is 5.75 Å². The van der Waals surface area contributed by atoms with Gasteiger partial charge in [0, 0.05) is 32.1 Å². The first-order valence-electron chi connectivity index (χ1n) is 10.1. The first-order valence-corrected chi connectivity index (χ1v) is 10.1. The van der Waals surface area contributed by atoms with Crippen LogP contribution in [0.4, 0.5) is 0 Å². The molecule has 0 bridgehead atoms. The Kier molecular flexibility index (Phi) is 5.08. The van der Waals surface area contributed by atoms with E-state index in [4.69, 9.17) is 4.74 Å². The molecule has 3 aliphatic rings.